The molecule has 3 aliphatic carbocycles. The van der Waals surface area contributed by atoms with Gasteiger partial charge in [-0.1, -0.05) is 13.8 Å². The van der Waals surface area contributed by atoms with Gasteiger partial charge in [0.15, 0.2) is 11.6 Å². The zero-order chi connectivity index (χ0) is 13.0. The summed E-state index contributed by atoms with van der Waals surface area (Å²) in [7, 11) is 0. The Bertz CT molecular complexity index is 326. The van der Waals surface area contributed by atoms with Gasteiger partial charge < -0.3 is 0 Å². The quantitative estimate of drug-likeness (QED) is 0.615. The number of carbonyl (C=O) groups excluding carboxylic acids is 2. The number of ketones is 2. The topological polar surface area (TPSA) is 34.1 Å². The van der Waals surface area contributed by atoms with Crippen LogP contribution in [0.2, 0.25) is 0 Å². The summed E-state index contributed by atoms with van der Waals surface area (Å²) >= 11 is 0. The Morgan fingerprint density at radius 2 is 1.00 bits per heavy atom. The molecular weight excluding hydrogens is 224 g/mol. The molecule has 18 heavy (non-hydrogen) atoms. The predicted molar refractivity (Wildman–Crippen MR) is 70.1 cm³/mol. The zero-order valence-corrected chi connectivity index (χ0v) is 11.6. The summed E-state index contributed by atoms with van der Waals surface area (Å²) in [6.45, 7) is 4.47. The van der Waals surface area contributed by atoms with Crippen molar-refractivity contribution in [2.75, 3.05) is 0 Å². The lowest BCUT2D eigenvalue weighted by atomic mass is 9.42. The fourth-order valence-electron chi connectivity index (χ4n) is 4.48. The molecule has 3 saturated carbocycles. The van der Waals surface area contributed by atoms with Crippen molar-refractivity contribution in [3.05, 3.63) is 0 Å². The lowest BCUT2D eigenvalue weighted by Gasteiger charge is -2.56. The van der Waals surface area contributed by atoms with E-state index < -0.39 is 10.8 Å². The van der Waals surface area contributed by atoms with Gasteiger partial charge in [-0.05, 0) is 63.2 Å². The molecule has 0 amide bonds. The minimum absolute atomic E-state index is 0.332. The molecule has 0 atom stereocenters. The molecule has 0 heterocycles. The van der Waals surface area contributed by atoms with E-state index in [0.717, 1.165) is 51.4 Å². The highest BCUT2D eigenvalue weighted by atomic mass is 16.2. The smallest absolute Gasteiger partial charge is 0.159 e. The van der Waals surface area contributed by atoms with E-state index in [1.54, 1.807) is 0 Å². The van der Waals surface area contributed by atoms with Crippen molar-refractivity contribution in [1.29, 1.82) is 0 Å². The van der Waals surface area contributed by atoms with Crippen LogP contribution in [0.5, 0.6) is 0 Å². The van der Waals surface area contributed by atoms with Crippen LogP contribution in [-0.4, -0.2) is 11.6 Å². The van der Waals surface area contributed by atoms with E-state index in [0.29, 0.717) is 23.4 Å². The van der Waals surface area contributed by atoms with E-state index in [2.05, 4.69) is 13.8 Å². The first-order valence-electron chi connectivity index (χ1n) is 7.61. The molecule has 2 nitrogen and oxygen atoms in total. The van der Waals surface area contributed by atoms with Crippen LogP contribution in [0, 0.1) is 22.7 Å². The SMILES string of the molecule is CC1CCC2(CC1)C(=O)C1(CCC(C)CC1)C2=O. The molecule has 0 aliphatic heterocycles. The third-order valence-electron chi connectivity index (χ3n) is 5.99. The van der Waals surface area contributed by atoms with Gasteiger partial charge in [0.25, 0.3) is 0 Å². The van der Waals surface area contributed by atoms with Gasteiger partial charge in [-0.2, -0.15) is 0 Å². The Morgan fingerprint density at radius 3 is 1.28 bits per heavy atom. The molecule has 0 bridgehead atoms. The Hall–Kier alpha value is -0.660. The summed E-state index contributed by atoms with van der Waals surface area (Å²) < 4.78 is 0. The van der Waals surface area contributed by atoms with Crippen LogP contribution in [-0.2, 0) is 9.59 Å². The maximum atomic E-state index is 12.7. The Kier molecular flexibility index (Phi) is 2.69. The monoisotopic (exact) mass is 248 g/mol. The Balaban J connectivity index is 1.79. The largest absolute Gasteiger partial charge is 0.297 e. The van der Waals surface area contributed by atoms with E-state index in [4.69, 9.17) is 0 Å². The molecule has 2 spiro atoms. The summed E-state index contributed by atoms with van der Waals surface area (Å²) in [5, 5.41) is 0. The van der Waals surface area contributed by atoms with Crippen molar-refractivity contribution < 1.29 is 9.59 Å². The highest BCUT2D eigenvalue weighted by molar-refractivity contribution is 6.30. The van der Waals surface area contributed by atoms with E-state index in [9.17, 15) is 9.59 Å². The fourth-order valence-corrected chi connectivity index (χ4v) is 4.48. The average Bonchev–Trinajstić information content (AvgIpc) is 2.40. The van der Waals surface area contributed by atoms with Crippen molar-refractivity contribution in [2.24, 2.45) is 22.7 Å². The summed E-state index contributed by atoms with van der Waals surface area (Å²) in [5.74, 6) is 2.05. The first-order valence-corrected chi connectivity index (χ1v) is 7.61. The van der Waals surface area contributed by atoms with Gasteiger partial charge in [-0.25, -0.2) is 0 Å². The average molecular weight is 248 g/mol. The zero-order valence-electron chi connectivity index (χ0n) is 11.6. The second-order valence-corrected chi connectivity index (χ2v) is 7.19. The van der Waals surface area contributed by atoms with Crippen molar-refractivity contribution in [3.63, 3.8) is 0 Å². The molecule has 2 heteroatoms. The van der Waals surface area contributed by atoms with E-state index in [1.807, 2.05) is 0 Å². The molecule has 100 valence electrons. The molecular formula is C16H24O2. The molecule has 0 aromatic heterocycles. The fraction of sp³-hybridized carbons (Fsp3) is 0.875. The molecule has 0 saturated heterocycles. The summed E-state index contributed by atoms with van der Waals surface area (Å²) in [4.78, 5) is 25.4. The maximum absolute atomic E-state index is 12.7. The van der Waals surface area contributed by atoms with Crippen LogP contribution in [0.15, 0.2) is 0 Å². The van der Waals surface area contributed by atoms with E-state index >= 15 is 0 Å². The number of hydrogen-bond acceptors (Lipinski definition) is 2. The lowest BCUT2D eigenvalue weighted by molar-refractivity contribution is -0.178. The molecule has 3 rings (SSSR count). The lowest BCUT2D eigenvalue weighted by Crippen LogP contribution is -2.68. The van der Waals surface area contributed by atoms with Gasteiger partial charge >= 0.3 is 0 Å². The van der Waals surface area contributed by atoms with E-state index in [-0.39, 0.29) is 0 Å². The van der Waals surface area contributed by atoms with Crippen molar-refractivity contribution in [2.45, 2.75) is 65.2 Å². The van der Waals surface area contributed by atoms with Gasteiger partial charge in [0, 0.05) is 0 Å². The minimum atomic E-state index is -0.521. The highest BCUT2D eigenvalue weighted by Crippen LogP contribution is 2.61. The van der Waals surface area contributed by atoms with Crippen LogP contribution >= 0.6 is 0 Å². The highest BCUT2D eigenvalue weighted by Gasteiger charge is 2.70. The number of Topliss-reactive ketones (excluding diaryl/α,β-unsaturated/α-hetero) is 2. The number of carbonyl (C=O) groups is 2. The molecule has 0 N–H and O–H groups in total. The first-order chi connectivity index (χ1) is 8.51. The molecule has 0 radical (unpaired) electrons. The van der Waals surface area contributed by atoms with Gasteiger partial charge in [0.2, 0.25) is 0 Å². The van der Waals surface area contributed by atoms with Crippen molar-refractivity contribution in [1.82, 2.24) is 0 Å². The summed E-state index contributed by atoms with van der Waals surface area (Å²) in [6, 6.07) is 0. The number of hydrogen-bond donors (Lipinski definition) is 0. The van der Waals surface area contributed by atoms with E-state index in [1.165, 1.54) is 0 Å². The van der Waals surface area contributed by atoms with Crippen molar-refractivity contribution >= 4 is 11.6 Å². The van der Waals surface area contributed by atoms with Crippen LogP contribution in [0.3, 0.4) is 0 Å². The minimum Gasteiger partial charge on any atom is -0.297 e. The van der Waals surface area contributed by atoms with Gasteiger partial charge in [0.05, 0.1) is 10.8 Å². The molecule has 3 aliphatic rings. The van der Waals surface area contributed by atoms with Crippen LogP contribution in [0.4, 0.5) is 0 Å². The van der Waals surface area contributed by atoms with Gasteiger partial charge in [-0.15, -0.1) is 0 Å². The second-order valence-electron chi connectivity index (χ2n) is 7.19. The van der Waals surface area contributed by atoms with Gasteiger partial charge in [-0.3, -0.25) is 9.59 Å². The summed E-state index contributed by atoms with van der Waals surface area (Å²) in [5.41, 5.74) is -1.04. The summed E-state index contributed by atoms with van der Waals surface area (Å²) in [6.07, 6.45) is 7.58. The first kappa shape index (κ1) is 12.4. The second kappa shape index (κ2) is 3.91. The standard InChI is InChI=1S/C16H24O2/c1-11-3-7-15(8-4-11)13(17)16(14(15)18)9-5-12(2)6-10-16/h11-12H,3-10H2,1-2H3. The van der Waals surface area contributed by atoms with Crippen LogP contribution in [0.1, 0.15) is 65.2 Å². The molecule has 0 aromatic rings. The van der Waals surface area contributed by atoms with Crippen LogP contribution in [0.25, 0.3) is 0 Å². The van der Waals surface area contributed by atoms with Crippen LogP contribution < -0.4 is 0 Å². The van der Waals surface area contributed by atoms with Crippen molar-refractivity contribution in [3.8, 4) is 0 Å². The van der Waals surface area contributed by atoms with Gasteiger partial charge in [0.1, 0.15) is 0 Å². The Morgan fingerprint density at radius 1 is 0.722 bits per heavy atom. The third kappa shape index (κ3) is 1.41. The maximum Gasteiger partial charge on any atom is 0.159 e. The molecule has 0 aromatic carbocycles. The third-order valence-corrected chi connectivity index (χ3v) is 5.99. The molecule has 0 unspecified atom stereocenters. The normalized spacial score (nSPS) is 48.6. The number of rotatable bonds is 0. The predicted octanol–water partition coefficient (Wildman–Crippen LogP) is 3.53. The Labute approximate surface area is 110 Å². The molecule has 3 fully saturated rings.